The topological polar surface area (TPSA) is 120 Å². The first kappa shape index (κ1) is 15.7. The number of nitrogens with one attached hydrogen (secondary N) is 2. The van der Waals surface area contributed by atoms with Crippen LogP contribution in [0.5, 0.6) is 11.5 Å². The molecule has 4 aromatic rings. The highest BCUT2D eigenvalue weighted by Crippen LogP contribution is 2.32. The van der Waals surface area contributed by atoms with Gasteiger partial charge in [0.05, 0.1) is 30.2 Å². The second-order valence-corrected chi connectivity index (χ2v) is 5.45. The smallest absolute Gasteiger partial charge is 0.271 e. The summed E-state index contributed by atoms with van der Waals surface area (Å²) in [6, 6.07) is 9.73. The van der Waals surface area contributed by atoms with E-state index in [9.17, 15) is 10.1 Å². The molecular weight excluding hydrogens is 340 g/mol. The first-order chi connectivity index (χ1) is 12.6. The lowest BCUT2D eigenvalue weighted by molar-refractivity contribution is -0.384. The predicted molar refractivity (Wildman–Crippen MR) is 94.3 cm³/mol. The maximum absolute atomic E-state index is 10.9. The number of H-pyrrole nitrogens is 1. The molecule has 0 atom stereocenters. The maximum Gasteiger partial charge on any atom is 0.271 e. The number of benzene rings is 2. The zero-order valence-electron chi connectivity index (χ0n) is 13.9. The molecule has 0 aliphatic carbocycles. The summed E-state index contributed by atoms with van der Waals surface area (Å²) in [4.78, 5) is 19.2. The predicted octanol–water partition coefficient (Wildman–Crippen LogP) is 2.88. The first-order valence-electron chi connectivity index (χ1n) is 7.60. The van der Waals surface area contributed by atoms with Crippen LogP contribution in [0, 0.1) is 10.1 Å². The first-order valence-corrected chi connectivity index (χ1v) is 7.60. The van der Waals surface area contributed by atoms with E-state index in [0.717, 1.165) is 5.52 Å². The third kappa shape index (κ3) is 2.53. The Bertz CT molecular complexity index is 1130. The van der Waals surface area contributed by atoms with Crippen molar-refractivity contribution in [2.75, 3.05) is 19.5 Å². The van der Waals surface area contributed by atoms with Crippen molar-refractivity contribution < 1.29 is 14.4 Å². The fraction of sp³-hybridized carbons (Fsp3) is 0.125. The summed E-state index contributed by atoms with van der Waals surface area (Å²) in [5.41, 5.74) is 1.99. The number of hydrogen-bond acceptors (Lipinski definition) is 7. The molecule has 0 amide bonds. The van der Waals surface area contributed by atoms with Gasteiger partial charge in [-0.2, -0.15) is 4.98 Å². The number of aromatic amines is 1. The van der Waals surface area contributed by atoms with Gasteiger partial charge in [-0.1, -0.05) is 6.07 Å². The number of aromatic nitrogens is 4. The van der Waals surface area contributed by atoms with Crippen molar-refractivity contribution in [3.63, 3.8) is 0 Å². The van der Waals surface area contributed by atoms with Crippen LogP contribution < -0.4 is 14.8 Å². The summed E-state index contributed by atoms with van der Waals surface area (Å²) >= 11 is 0. The van der Waals surface area contributed by atoms with Crippen molar-refractivity contribution in [2.24, 2.45) is 0 Å². The number of fused-ring (bicyclic) bond motifs is 3. The Morgan fingerprint density at radius 1 is 1.15 bits per heavy atom. The lowest BCUT2D eigenvalue weighted by Gasteiger charge is -2.06. The van der Waals surface area contributed by atoms with Gasteiger partial charge in [0.15, 0.2) is 11.5 Å². The molecule has 132 valence electrons. The van der Waals surface area contributed by atoms with Gasteiger partial charge in [-0.3, -0.25) is 15.2 Å². The maximum atomic E-state index is 10.9. The summed E-state index contributed by atoms with van der Waals surface area (Å²) in [6.45, 7) is 0. The molecular formula is C16H14N6O4. The van der Waals surface area contributed by atoms with Crippen LogP contribution in [-0.2, 0) is 0 Å². The number of imidazole rings is 1. The molecule has 4 rings (SSSR count). The summed E-state index contributed by atoms with van der Waals surface area (Å²) in [6.07, 6.45) is 0. The van der Waals surface area contributed by atoms with Crippen LogP contribution in [0.15, 0.2) is 36.4 Å². The minimum Gasteiger partial charge on any atom is -0.493 e. The molecule has 0 fully saturated rings. The van der Waals surface area contributed by atoms with Crippen LogP contribution in [0.2, 0.25) is 0 Å². The van der Waals surface area contributed by atoms with Gasteiger partial charge in [0, 0.05) is 30.0 Å². The van der Waals surface area contributed by atoms with Crippen molar-refractivity contribution in [1.82, 2.24) is 19.6 Å². The van der Waals surface area contributed by atoms with Crippen LogP contribution >= 0.6 is 0 Å². The van der Waals surface area contributed by atoms with Gasteiger partial charge in [0.25, 0.3) is 11.5 Å². The van der Waals surface area contributed by atoms with Gasteiger partial charge in [0.1, 0.15) is 0 Å². The van der Waals surface area contributed by atoms with Gasteiger partial charge in [-0.25, -0.2) is 9.50 Å². The number of ether oxygens (including phenoxy) is 2. The van der Waals surface area contributed by atoms with Crippen molar-refractivity contribution in [1.29, 1.82) is 0 Å². The van der Waals surface area contributed by atoms with Gasteiger partial charge >= 0.3 is 0 Å². The number of anilines is 2. The molecule has 2 aromatic carbocycles. The minimum atomic E-state index is -0.451. The summed E-state index contributed by atoms with van der Waals surface area (Å²) in [5, 5.41) is 17.0. The molecule has 0 bridgehead atoms. The highest BCUT2D eigenvalue weighted by atomic mass is 16.6. The molecule has 26 heavy (non-hydrogen) atoms. The lowest BCUT2D eigenvalue weighted by atomic mass is 10.3. The number of nitro benzene ring substituents is 1. The standard InChI is InChI=1S/C16H14N6O4/c1-25-13-7-11-12(8-14(13)26-2)21-16(18-11)19-15(20-21)17-9-4-3-5-10(6-9)22(23)24/h3-8H,1-2H3,(H2,17,18,19,20). The average molecular weight is 354 g/mol. The zero-order chi connectivity index (χ0) is 18.3. The van der Waals surface area contributed by atoms with Gasteiger partial charge < -0.3 is 14.8 Å². The lowest BCUT2D eigenvalue weighted by Crippen LogP contribution is -1.95. The van der Waals surface area contributed by atoms with E-state index in [1.54, 1.807) is 43.0 Å². The minimum absolute atomic E-state index is 0.00591. The van der Waals surface area contributed by atoms with E-state index >= 15 is 0 Å². The third-order valence-corrected chi connectivity index (χ3v) is 3.89. The Balaban J connectivity index is 1.74. The van der Waals surface area contributed by atoms with Crippen LogP contribution in [0.25, 0.3) is 16.8 Å². The Morgan fingerprint density at radius 2 is 1.92 bits per heavy atom. The van der Waals surface area contributed by atoms with E-state index in [1.165, 1.54) is 12.1 Å². The Kier molecular flexibility index (Phi) is 3.57. The molecule has 2 heterocycles. The SMILES string of the molecule is COc1cc2nc3nc(Nc4cccc([N+](=O)[O-])c4)[nH]n3c2cc1OC. The monoisotopic (exact) mass is 354 g/mol. The number of non-ortho nitro benzene ring substituents is 1. The molecule has 2 N–H and O–H groups in total. The van der Waals surface area contributed by atoms with E-state index < -0.39 is 4.92 Å². The van der Waals surface area contributed by atoms with Crippen molar-refractivity contribution in [3.8, 4) is 11.5 Å². The van der Waals surface area contributed by atoms with Crippen molar-refractivity contribution >= 4 is 34.1 Å². The summed E-state index contributed by atoms with van der Waals surface area (Å²) < 4.78 is 12.3. The van der Waals surface area contributed by atoms with E-state index in [0.29, 0.717) is 34.4 Å². The molecule has 0 unspecified atom stereocenters. The zero-order valence-corrected chi connectivity index (χ0v) is 13.9. The fourth-order valence-corrected chi connectivity index (χ4v) is 2.70. The molecule has 10 heteroatoms. The van der Waals surface area contributed by atoms with E-state index in [1.807, 2.05) is 0 Å². The molecule has 0 spiro atoms. The quantitative estimate of drug-likeness (QED) is 0.418. The Hall–Kier alpha value is -3.82. The number of nitrogens with zero attached hydrogens (tertiary/aromatic N) is 4. The van der Waals surface area contributed by atoms with E-state index in [4.69, 9.17) is 9.47 Å². The molecule has 10 nitrogen and oxygen atoms in total. The molecule has 0 saturated carbocycles. The van der Waals surface area contributed by atoms with Crippen LogP contribution in [0.4, 0.5) is 17.3 Å². The molecule has 2 aromatic heterocycles. The number of rotatable bonds is 5. The average Bonchev–Trinajstić information content (AvgIpc) is 3.17. The van der Waals surface area contributed by atoms with Crippen LogP contribution in [0.3, 0.4) is 0 Å². The van der Waals surface area contributed by atoms with Gasteiger partial charge in [-0.15, -0.1) is 0 Å². The Morgan fingerprint density at radius 3 is 2.65 bits per heavy atom. The molecule has 0 radical (unpaired) electrons. The third-order valence-electron chi connectivity index (χ3n) is 3.89. The second kappa shape index (κ2) is 5.92. The van der Waals surface area contributed by atoms with Gasteiger partial charge in [0.2, 0.25) is 5.95 Å². The normalized spacial score (nSPS) is 11.0. The van der Waals surface area contributed by atoms with E-state index in [-0.39, 0.29) is 5.69 Å². The van der Waals surface area contributed by atoms with Crippen LogP contribution in [-0.4, -0.2) is 38.7 Å². The number of nitro groups is 1. The number of hydrogen-bond donors (Lipinski definition) is 2. The Labute approximate surface area is 146 Å². The van der Waals surface area contributed by atoms with Crippen molar-refractivity contribution in [2.45, 2.75) is 0 Å². The highest BCUT2D eigenvalue weighted by molar-refractivity contribution is 5.83. The van der Waals surface area contributed by atoms with Gasteiger partial charge in [-0.05, 0) is 6.07 Å². The highest BCUT2D eigenvalue weighted by Gasteiger charge is 2.15. The number of methoxy groups -OCH3 is 2. The fourth-order valence-electron chi connectivity index (χ4n) is 2.70. The largest absolute Gasteiger partial charge is 0.493 e. The second-order valence-electron chi connectivity index (χ2n) is 5.45. The molecule has 0 aliphatic rings. The molecule has 0 aliphatic heterocycles. The molecule has 0 saturated heterocycles. The van der Waals surface area contributed by atoms with E-state index in [2.05, 4.69) is 20.4 Å². The van der Waals surface area contributed by atoms with Crippen LogP contribution in [0.1, 0.15) is 0 Å². The summed E-state index contributed by atoms with van der Waals surface area (Å²) in [5.74, 6) is 2.01. The summed E-state index contributed by atoms with van der Waals surface area (Å²) in [7, 11) is 3.12. The van der Waals surface area contributed by atoms with Crippen molar-refractivity contribution in [3.05, 3.63) is 46.5 Å².